The van der Waals surface area contributed by atoms with Crippen molar-refractivity contribution < 1.29 is 10.0 Å². The molecular weight excluding hydrogens is 272 g/mol. The van der Waals surface area contributed by atoms with Gasteiger partial charge in [-0.05, 0) is 48.7 Å². The van der Waals surface area contributed by atoms with Gasteiger partial charge in [0.25, 0.3) is 0 Å². The van der Waals surface area contributed by atoms with Crippen LogP contribution in [0.3, 0.4) is 0 Å². The van der Waals surface area contributed by atoms with Gasteiger partial charge < -0.3 is 5.11 Å². The van der Waals surface area contributed by atoms with Crippen LogP contribution in [0.2, 0.25) is 0 Å². The molecule has 21 heavy (non-hydrogen) atoms. The third-order valence-electron chi connectivity index (χ3n) is 2.88. The second-order valence-corrected chi connectivity index (χ2v) is 4.50. The van der Waals surface area contributed by atoms with E-state index in [2.05, 4.69) is 15.5 Å². The SMILES string of the molecule is Cc1cc(/C=N\Nc2ncccc2[N+](=O)[O-])cc(C)c1O. The molecule has 0 radical (unpaired) electrons. The minimum atomic E-state index is -0.528. The number of pyridine rings is 1. The molecule has 108 valence electrons. The molecule has 1 aromatic carbocycles. The average Bonchev–Trinajstić information content (AvgIpc) is 2.45. The summed E-state index contributed by atoms with van der Waals surface area (Å²) in [6.45, 7) is 3.58. The van der Waals surface area contributed by atoms with E-state index < -0.39 is 4.92 Å². The van der Waals surface area contributed by atoms with Crippen molar-refractivity contribution >= 4 is 17.7 Å². The van der Waals surface area contributed by atoms with Gasteiger partial charge in [-0.15, -0.1) is 0 Å². The molecule has 0 atom stereocenters. The van der Waals surface area contributed by atoms with Gasteiger partial charge >= 0.3 is 5.69 Å². The highest BCUT2D eigenvalue weighted by atomic mass is 16.6. The maximum absolute atomic E-state index is 10.8. The van der Waals surface area contributed by atoms with E-state index >= 15 is 0 Å². The number of phenols is 1. The van der Waals surface area contributed by atoms with Crippen molar-refractivity contribution in [3.63, 3.8) is 0 Å². The van der Waals surface area contributed by atoms with Crippen LogP contribution in [0.4, 0.5) is 11.5 Å². The molecule has 0 aliphatic rings. The molecule has 1 aromatic heterocycles. The number of nitrogens with one attached hydrogen (secondary N) is 1. The lowest BCUT2D eigenvalue weighted by Gasteiger charge is -2.04. The number of hydrazone groups is 1. The first-order valence-electron chi connectivity index (χ1n) is 6.17. The van der Waals surface area contributed by atoms with Gasteiger partial charge in [0.05, 0.1) is 11.1 Å². The van der Waals surface area contributed by atoms with E-state index in [-0.39, 0.29) is 17.3 Å². The van der Waals surface area contributed by atoms with Gasteiger partial charge in [-0.25, -0.2) is 4.98 Å². The fourth-order valence-corrected chi connectivity index (χ4v) is 1.86. The molecule has 7 heteroatoms. The molecule has 0 fully saturated rings. The van der Waals surface area contributed by atoms with E-state index in [0.717, 1.165) is 16.7 Å². The second kappa shape index (κ2) is 6.00. The molecule has 7 nitrogen and oxygen atoms in total. The molecule has 1 heterocycles. The van der Waals surface area contributed by atoms with Gasteiger partial charge in [0.2, 0.25) is 5.82 Å². The van der Waals surface area contributed by atoms with Gasteiger partial charge in [-0.3, -0.25) is 15.5 Å². The van der Waals surface area contributed by atoms with Crippen LogP contribution in [0.5, 0.6) is 5.75 Å². The number of anilines is 1. The van der Waals surface area contributed by atoms with Crippen LogP contribution in [0.25, 0.3) is 0 Å². The summed E-state index contributed by atoms with van der Waals surface area (Å²) in [5.74, 6) is 0.325. The van der Waals surface area contributed by atoms with E-state index in [0.29, 0.717) is 0 Å². The summed E-state index contributed by atoms with van der Waals surface area (Å²) < 4.78 is 0. The summed E-state index contributed by atoms with van der Waals surface area (Å²) in [5.41, 5.74) is 4.65. The van der Waals surface area contributed by atoms with Gasteiger partial charge in [0.1, 0.15) is 5.75 Å². The number of hydrogen-bond acceptors (Lipinski definition) is 6. The molecule has 0 unspecified atom stereocenters. The minimum absolute atomic E-state index is 0.0750. The Balaban J connectivity index is 2.19. The summed E-state index contributed by atoms with van der Waals surface area (Å²) in [6, 6.07) is 6.36. The van der Waals surface area contributed by atoms with Gasteiger partial charge in [0, 0.05) is 12.3 Å². The molecule has 0 saturated carbocycles. The third-order valence-corrected chi connectivity index (χ3v) is 2.88. The molecule has 0 saturated heterocycles. The molecule has 2 N–H and O–H groups in total. The van der Waals surface area contributed by atoms with Crippen molar-refractivity contribution in [2.45, 2.75) is 13.8 Å². The lowest BCUT2D eigenvalue weighted by atomic mass is 10.1. The van der Waals surface area contributed by atoms with Crippen LogP contribution < -0.4 is 5.43 Å². The number of benzene rings is 1. The van der Waals surface area contributed by atoms with E-state index in [4.69, 9.17) is 0 Å². The summed E-state index contributed by atoms with van der Waals surface area (Å²) in [4.78, 5) is 14.2. The highest BCUT2D eigenvalue weighted by Crippen LogP contribution is 2.22. The molecule has 0 aliphatic heterocycles. The first-order chi connectivity index (χ1) is 9.99. The number of aromatic hydroxyl groups is 1. The van der Waals surface area contributed by atoms with Crippen molar-refractivity contribution in [3.05, 3.63) is 57.3 Å². The maximum atomic E-state index is 10.8. The zero-order valence-corrected chi connectivity index (χ0v) is 11.6. The van der Waals surface area contributed by atoms with E-state index in [1.165, 1.54) is 24.5 Å². The number of nitrogens with zero attached hydrogens (tertiary/aromatic N) is 3. The highest BCUT2D eigenvalue weighted by Gasteiger charge is 2.12. The van der Waals surface area contributed by atoms with Crippen molar-refractivity contribution in [2.24, 2.45) is 5.10 Å². The Morgan fingerprint density at radius 1 is 1.38 bits per heavy atom. The van der Waals surface area contributed by atoms with Gasteiger partial charge in [-0.1, -0.05) is 0 Å². The van der Waals surface area contributed by atoms with Crippen LogP contribution in [-0.4, -0.2) is 21.2 Å². The molecular formula is C14H14N4O3. The zero-order chi connectivity index (χ0) is 15.4. The van der Waals surface area contributed by atoms with Crippen molar-refractivity contribution in [2.75, 3.05) is 5.43 Å². The molecule has 0 bridgehead atoms. The van der Waals surface area contributed by atoms with Crippen molar-refractivity contribution in [3.8, 4) is 5.75 Å². The standard InChI is InChI=1S/C14H14N4O3/c1-9-6-11(7-10(2)13(9)19)8-16-17-14-12(18(20)21)4-3-5-15-14/h3-8,19H,1-2H3,(H,15,17)/b16-8-. The number of rotatable bonds is 4. The summed E-state index contributed by atoms with van der Waals surface area (Å²) >= 11 is 0. The lowest BCUT2D eigenvalue weighted by molar-refractivity contribution is -0.384. The maximum Gasteiger partial charge on any atom is 0.313 e. The lowest BCUT2D eigenvalue weighted by Crippen LogP contribution is -1.99. The first-order valence-corrected chi connectivity index (χ1v) is 6.17. The number of hydrogen-bond donors (Lipinski definition) is 2. The van der Waals surface area contributed by atoms with Crippen LogP contribution >= 0.6 is 0 Å². The quantitative estimate of drug-likeness (QED) is 0.511. The monoisotopic (exact) mass is 286 g/mol. The third kappa shape index (κ3) is 3.33. The molecule has 0 aliphatic carbocycles. The minimum Gasteiger partial charge on any atom is -0.507 e. The topological polar surface area (TPSA) is 101 Å². The van der Waals surface area contributed by atoms with E-state index in [1.54, 1.807) is 26.0 Å². The van der Waals surface area contributed by atoms with Gasteiger partial charge in [-0.2, -0.15) is 5.10 Å². The summed E-state index contributed by atoms with van der Waals surface area (Å²) in [7, 11) is 0. The normalized spacial score (nSPS) is 10.8. The van der Waals surface area contributed by atoms with Crippen LogP contribution in [0, 0.1) is 24.0 Å². The Morgan fingerprint density at radius 2 is 2.05 bits per heavy atom. The second-order valence-electron chi connectivity index (χ2n) is 4.50. The Labute approximate surface area is 121 Å². The Hall–Kier alpha value is -2.96. The number of aromatic nitrogens is 1. The average molecular weight is 286 g/mol. The van der Waals surface area contributed by atoms with Crippen LogP contribution in [-0.2, 0) is 0 Å². The van der Waals surface area contributed by atoms with Gasteiger partial charge in [0.15, 0.2) is 0 Å². The molecule has 2 aromatic rings. The summed E-state index contributed by atoms with van der Waals surface area (Å²) in [6.07, 6.45) is 2.96. The Morgan fingerprint density at radius 3 is 2.67 bits per heavy atom. The van der Waals surface area contributed by atoms with E-state index in [9.17, 15) is 15.2 Å². The van der Waals surface area contributed by atoms with Crippen LogP contribution in [0.15, 0.2) is 35.6 Å². The van der Waals surface area contributed by atoms with E-state index in [1.807, 2.05) is 0 Å². The number of aryl methyl sites for hydroxylation is 2. The fraction of sp³-hybridized carbons (Fsp3) is 0.143. The molecule has 2 rings (SSSR count). The molecule has 0 amide bonds. The zero-order valence-electron chi connectivity index (χ0n) is 11.6. The number of nitro groups is 1. The molecule has 0 spiro atoms. The van der Waals surface area contributed by atoms with Crippen molar-refractivity contribution in [1.29, 1.82) is 0 Å². The first kappa shape index (κ1) is 14.4. The van der Waals surface area contributed by atoms with Crippen molar-refractivity contribution in [1.82, 2.24) is 4.98 Å². The summed E-state index contributed by atoms with van der Waals surface area (Å²) in [5, 5.41) is 24.5. The smallest absolute Gasteiger partial charge is 0.313 e. The largest absolute Gasteiger partial charge is 0.507 e. The predicted molar refractivity (Wildman–Crippen MR) is 79.7 cm³/mol. The fourth-order valence-electron chi connectivity index (χ4n) is 1.86. The predicted octanol–water partition coefficient (Wildman–Crippen LogP) is 2.76. The number of phenolic OH excluding ortho intramolecular Hbond substituents is 1. The Bertz CT molecular complexity index is 690. The highest BCUT2D eigenvalue weighted by molar-refractivity contribution is 5.81. The van der Waals surface area contributed by atoms with Crippen LogP contribution in [0.1, 0.15) is 16.7 Å². The Kier molecular flexibility index (Phi) is 4.13.